The number of carbonyl (C=O) groups excluding carboxylic acids is 1. The van der Waals surface area contributed by atoms with Crippen LogP contribution in [0.25, 0.3) is 0 Å². The topological polar surface area (TPSA) is 17.1 Å². The van der Waals surface area contributed by atoms with E-state index < -0.39 is 0 Å². The Morgan fingerprint density at radius 1 is 1.55 bits per heavy atom. The smallest absolute Gasteiger partial charge is 0.133 e. The Bertz CT molecular complexity index is 136. The van der Waals surface area contributed by atoms with E-state index in [0.717, 1.165) is 0 Å². The molecule has 0 amide bonds. The molecule has 1 unspecified atom stereocenters. The third kappa shape index (κ3) is 7.31. The van der Waals surface area contributed by atoms with Crippen molar-refractivity contribution >= 4 is 5.78 Å². The van der Waals surface area contributed by atoms with Gasteiger partial charge in [-0.05, 0) is 19.3 Å². The summed E-state index contributed by atoms with van der Waals surface area (Å²) in [5.74, 6) is 0.865. The quantitative estimate of drug-likeness (QED) is 0.556. The highest BCUT2D eigenvalue weighted by molar-refractivity contribution is 5.76. The summed E-state index contributed by atoms with van der Waals surface area (Å²) in [5, 5.41) is 0. The van der Waals surface area contributed by atoms with Crippen molar-refractivity contribution in [2.75, 3.05) is 0 Å². The lowest BCUT2D eigenvalue weighted by Gasteiger charge is -2.00. The van der Waals surface area contributed by atoms with Crippen LogP contribution in [0.15, 0.2) is 12.2 Å². The maximum Gasteiger partial charge on any atom is 0.133 e. The van der Waals surface area contributed by atoms with E-state index in [9.17, 15) is 4.79 Å². The van der Waals surface area contributed by atoms with Crippen LogP contribution < -0.4 is 0 Å². The zero-order valence-electron chi connectivity index (χ0n) is 7.76. The molecule has 0 aromatic rings. The van der Waals surface area contributed by atoms with Crippen molar-refractivity contribution in [1.29, 1.82) is 0 Å². The predicted octanol–water partition coefficient (Wildman–Crippen LogP) is 2.96. The van der Waals surface area contributed by atoms with Gasteiger partial charge in [0.15, 0.2) is 0 Å². The number of hydrogen-bond donors (Lipinski definition) is 0. The molecule has 0 aliphatic rings. The molecule has 0 bridgehead atoms. The second kappa shape index (κ2) is 6.14. The molecule has 0 saturated carbocycles. The highest BCUT2D eigenvalue weighted by atomic mass is 16.1. The monoisotopic (exact) mass is 154 g/mol. The first kappa shape index (κ1) is 10.4. The maximum absolute atomic E-state index is 10.5. The van der Waals surface area contributed by atoms with Gasteiger partial charge in [0.1, 0.15) is 5.78 Å². The molecule has 0 aromatic heterocycles. The van der Waals surface area contributed by atoms with Crippen LogP contribution >= 0.6 is 0 Å². The fraction of sp³-hybridized carbons (Fsp3) is 0.700. The van der Waals surface area contributed by atoms with Crippen LogP contribution in [-0.4, -0.2) is 5.78 Å². The van der Waals surface area contributed by atoms with Crippen LogP contribution in [0.2, 0.25) is 0 Å². The number of allylic oxidation sites excluding steroid dienone is 2. The van der Waals surface area contributed by atoms with E-state index in [4.69, 9.17) is 0 Å². The van der Waals surface area contributed by atoms with Gasteiger partial charge in [-0.15, -0.1) is 0 Å². The van der Waals surface area contributed by atoms with Crippen LogP contribution in [-0.2, 0) is 4.79 Å². The van der Waals surface area contributed by atoms with E-state index in [0.29, 0.717) is 12.3 Å². The third-order valence-corrected chi connectivity index (χ3v) is 1.61. The zero-order valence-corrected chi connectivity index (χ0v) is 7.76. The molecular weight excluding hydrogens is 136 g/mol. The first-order chi connectivity index (χ1) is 5.16. The standard InChI is InChI=1S/C10H18O/c1-4-6-9(2)7-5-8-10(3)11/h5,7,9H,4,6,8H2,1-3H3/b7-5+. The third-order valence-electron chi connectivity index (χ3n) is 1.61. The first-order valence-corrected chi connectivity index (χ1v) is 4.33. The van der Waals surface area contributed by atoms with E-state index >= 15 is 0 Å². The molecule has 64 valence electrons. The summed E-state index contributed by atoms with van der Waals surface area (Å²) in [6.07, 6.45) is 7.13. The summed E-state index contributed by atoms with van der Waals surface area (Å²) in [6.45, 7) is 5.98. The molecule has 0 aliphatic heterocycles. The minimum absolute atomic E-state index is 0.241. The summed E-state index contributed by atoms with van der Waals surface area (Å²) < 4.78 is 0. The highest BCUT2D eigenvalue weighted by Gasteiger charge is 1.93. The van der Waals surface area contributed by atoms with Crippen LogP contribution in [0, 0.1) is 5.92 Å². The largest absolute Gasteiger partial charge is 0.300 e. The lowest BCUT2D eigenvalue weighted by Crippen LogP contribution is -1.89. The molecule has 0 heterocycles. The minimum atomic E-state index is 0.241. The molecule has 0 aliphatic carbocycles. The van der Waals surface area contributed by atoms with Crippen molar-refractivity contribution in [1.82, 2.24) is 0 Å². The average molecular weight is 154 g/mol. The summed E-state index contributed by atoms with van der Waals surface area (Å²) >= 11 is 0. The summed E-state index contributed by atoms with van der Waals surface area (Å²) in [6, 6.07) is 0. The number of ketones is 1. The van der Waals surface area contributed by atoms with Crippen molar-refractivity contribution in [3.63, 3.8) is 0 Å². The first-order valence-electron chi connectivity index (χ1n) is 4.33. The fourth-order valence-corrected chi connectivity index (χ4v) is 1.02. The van der Waals surface area contributed by atoms with Gasteiger partial charge in [-0.3, -0.25) is 4.79 Å². The van der Waals surface area contributed by atoms with Gasteiger partial charge in [0, 0.05) is 6.42 Å². The Labute approximate surface area is 69.5 Å². The predicted molar refractivity (Wildman–Crippen MR) is 48.5 cm³/mol. The summed E-state index contributed by atoms with van der Waals surface area (Å²) in [7, 11) is 0. The van der Waals surface area contributed by atoms with Gasteiger partial charge >= 0.3 is 0 Å². The van der Waals surface area contributed by atoms with Gasteiger partial charge in [-0.1, -0.05) is 32.4 Å². The Balaban J connectivity index is 3.47. The van der Waals surface area contributed by atoms with Gasteiger partial charge in [-0.25, -0.2) is 0 Å². The van der Waals surface area contributed by atoms with Crippen molar-refractivity contribution in [2.24, 2.45) is 5.92 Å². The second-order valence-electron chi connectivity index (χ2n) is 3.10. The van der Waals surface area contributed by atoms with Crippen LogP contribution in [0.5, 0.6) is 0 Å². The molecule has 0 radical (unpaired) electrons. The van der Waals surface area contributed by atoms with Gasteiger partial charge in [-0.2, -0.15) is 0 Å². The van der Waals surface area contributed by atoms with E-state index in [1.807, 2.05) is 6.08 Å². The minimum Gasteiger partial charge on any atom is -0.300 e. The maximum atomic E-state index is 10.5. The summed E-state index contributed by atoms with van der Waals surface area (Å²) in [5.41, 5.74) is 0. The molecule has 0 rings (SSSR count). The lowest BCUT2D eigenvalue weighted by atomic mass is 10.1. The molecule has 11 heavy (non-hydrogen) atoms. The normalized spacial score (nSPS) is 13.7. The van der Waals surface area contributed by atoms with Crippen LogP contribution in [0.1, 0.15) is 40.0 Å². The number of carbonyl (C=O) groups is 1. The molecular formula is C10H18O. The fourth-order valence-electron chi connectivity index (χ4n) is 1.02. The molecule has 1 heteroatoms. The number of Topliss-reactive ketones (excluding diaryl/α,β-unsaturated/α-hetero) is 1. The Kier molecular flexibility index (Phi) is 5.81. The lowest BCUT2D eigenvalue weighted by molar-refractivity contribution is -0.116. The van der Waals surface area contributed by atoms with E-state index in [-0.39, 0.29) is 5.78 Å². The van der Waals surface area contributed by atoms with Gasteiger partial charge in [0.2, 0.25) is 0 Å². The van der Waals surface area contributed by atoms with Crippen molar-refractivity contribution in [2.45, 2.75) is 40.0 Å². The van der Waals surface area contributed by atoms with Crippen molar-refractivity contribution in [3.05, 3.63) is 12.2 Å². The summed E-state index contributed by atoms with van der Waals surface area (Å²) in [4.78, 5) is 10.5. The molecule has 0 fully saturated rings. The van der Waals surface area contributed by atoms with Crippen LogP contribution in [0.3, 0.4) is 0 Å². The van der Waals surface area contributed by atoms with Crippen molar-refractivity contribution < 1.29 is 4.79 Å². The molecule has 0 N–H and O–H groups in total. The van der Waals surface area contributed by atoms with Gasteiger partial charge in [0.05, 0.1) is 0 Å². The second-order valence-corrected chi connectivity index (χ2v) is 3.10. The Morgan fingerprint density at radius 3 is 2.64 bits per heavy atom. The SMILES string of the molecule is CCCC(C)/C=C/CC(C)=O. The molecule has 1 nitrogen and oxygen atoms in total. The Morgan fingerprint density at radius 2 is 2.18 bits per heavy atom. The van der Waals surface area contributed by atoms with Gasteiger partial charge < -0.3 is 0 Å². The number of rotatable bonds is 5. The van der Waals surface area contributed by atoms with Crippen molar-refractivity contribution in [3.8, 4) is 0 Å². The van der Waals surface area contributed by atoms with Gasteiger partial charge in [0.25, 0.3) is 0 Å². The molecule has 0 spiro atoms. The van der Waals surface area contributed by atoms with E-state index in [1.165, 1.54) is 12.8 Å². The van der Waals surface area contributed by atoms with E-state index in [2.05, 4.69) is 19.9 Å². The number of hydrogen-bond acceptors (Lipinski definition) is 1. The molecule has 1 atom stereocenters. The average Bonchev–Trinajstić information content (AvgIpc) is 1.87. The Hall–Kier alpha value is -0.590. The zero-order chi connectivity index (χ0) is 8.69. The van der Waals surface area contributed by atoms with Crippen LogP contribution in [0.4, 0.5) is 0 Å². The molecule has 0 aromatic carbocycles. The highest BCUT2D eigenvalue weighted by Crippen LogP contribution is 2.06. The van der Waals surface area contributed by atoms with E-state index in [1.54, 1.807) is 6.92 Å². The molecule has 0 saturated heterocycles.